The highest BCUT2D eigenvalue weighted by atomic mass is 35.7. The van der Waals surface area contributed by atoms with Gasteiger partial charge in [-0.2, -0.15) is 0 Å². The Morgan fingerprint density at radius 1 is 1.36 bits per heavy atom. The molecule has 0 radical (unpaired) electrons. The van der Waals surface area contributed by atoms with E-state index in [1.54, 1.807) is 23.1 Å². The number of nitrogens with zero attached hydrogens (tertiary/aromatic N) is 1. The van der Waals surface area contributed by atoms with Gasteiger partial charge in [0, 0.05) is 17.2 Å². The molecule has 0 saturated carbocycles. The first-order valence-corrected chi connectivity index (χ1v) is 9.58. The van der Waals surface area contributed by atoms with Gasteiger partial charge in [0.15, 0.2) is 0 Å². The van der Waals surface area contributed by atoms with Crippen LogP contribution in [0.4, 0.5) is 10.5 Å². The molecule has 0 aliphatic carbocycles. The van der Waals surface area contributed by atoms with Crippen LogP contribution in [-0.4, -0.2) is 26.7 Å². The molecule has 1 aromatic carbocycles. The van der Waals surface area contributed by atoms with Gasteiger partial charge < -0.3 is 4.74 Å². The number of anilines is 1. The molecule has 1 heterocycles. The minimum Gasteiger partial charge on any atom is -0.443 e. The Morgan fingerprint density at radius 3 is 2.64 bits per heavy atom. The van der Waals surface area contributed by atoms with Gasteiger partial charge in [-0.3, -0.25) is 4.90 Å². The molecule has 1 aliphatic heterocycles. The van der Waals surface area contributed by atoms with Crippen LogP contribution in [0.15, 0.2) is 18.2 Å². The van der Waals surface area contributed by atoms with Crippen molar-refractivity contribution >= 4 is 31.5 Å². The Morgan fingerprint density at radius 2 is 2.05 bits per heavy atom. The first-order valence-electron chi connectivity index (χ1n) is 7.10. The molecule has 0 bridgehead atoms. The highest BCUT2D eigenvalue weighted by Gasteiger charge is 2.27. The number of carbonyl (C=O) groups is 1. The third-order valence-corrected chi connectivity index (χ3v) is 4.22. The molecule has 0 unspecified atom stereocenters. The summed E-state index contributed by atoms with van der Waals surface area (Å²) in [6, 6.07) is 5.24. The Balaban J connectivity index is 2.26. The van der Waals surface area contributed by atoms with Crippen LogP contribution in [0.2, 0.25) is 0 Å². The molecule has 0 spiro atoms. The SMILES string of the molecule is CC(C)(C)OC(=O)N1CCCc2cc(CS(=O)(=O)Cl)ccc21. The average molecular weight is 346 g/mol. The molecular formula is C15H20ClNO4S. The number of benzene rings is 1. The van der Waals surface area contributed by atoms with E-state index in [1.165, 1.54) is 0 Å². The summed E-state index contributed by atoms with van der Waals surface area (Å²) in [5.74, 6) is -0.214. The lowest BCUT2D eigenvalue weighted by atomic mass is 10.00. The van der Waals surface area contributed by atoms with E-state index < -0.39 is 14.7 Å². The van der Waals surface area contributed by atoms with E-state index in [-0.39, 0.29) is 11.8 Å². The number of fused-ring (bicyclic) bond motifs is 1. The fraction of sp³-hybridized carbons (Fsp3) is 0.533. The fourth-order valence-corrected chi connectivity index (χ4v) is 3.40. The van der Waals surface area contributed by atoms with Gasteiger partial charge in [-0.05, 0) is 50.8 Å². The number of hydrogen-bond donors (Lipinski definition) is 0. The summed E-state index contributed by atoms with van der Waals surface area (Å²) < 4.78 is 27.8. The smallest absolute Gasteiger partial charge is 0.414 e. The van der Waals surface area contributed by atoms with Gasteiger partial charge in [-0.15, -0.1) is 0 Å². The number of rotatable bonds is 2. The third kappa shape index (κ3) is 4.61. The van der Waals surface area contributed by atoms with E-state index in [0.29, 0.717) is 12.1 Å². The maximum atomic E-state index is 12.3. The zero-order valence-corrected chi connectivity index (χ0v) is 14.5. The van der Waals surface area contributed by atoms with Crippen LogP contribution in [0.3, 0.4) is 0 Å². The van der Waals surface area contributed by atoms with Crippen molar-refractivity contribution in [2.75, 3.05) is 11.4 Å². The number of aryl methyl sites for hydroxylation is 1. The highest BCUT2D eigenvalue weighted by Crippen LogP contribution is 2.30. The molecule has 1 aliphatic rings. The minimum atomic E-state index is -3.59. The molecule has 1 amide bonds. The first kappa shape index (κ1) is 17.1. The van der Waals surface area contributed by atoms with E-state index in [9.17, 15) is 13.2 Å². The van der Waals surface area contributed by atoms with Crippen molar-refractivity contribution in [2.45, 2.75) is 45.0 Å². The van der Waals surface area contributed by atoms with Crippen molar-refractivity contribution in [3.63, 3.8) is 0 Å². The normalized spacial score (nSPS) is 15.4. The molecule has 2 rings (SSSR count). The summed E-state index contributed by atoms with van der Waals surface area (Å²) in [5.41, 5.74) is 1.78. The van der Waals surface area contributed by atoms with E-state index in [1.807, 2.05) is 20.8 Å². The molecular weight excluding hydrogens is 326 g/mol. The Hall–Kier alpha value is -1.27. The lowest BCUT2D eigenvalue weighted by Gasteiger charge is -2.31. The fourth-order valence-electron chi connectivity index (χ4n) is 2.45. The van der Waals surface area contributed by atoms with E-state index >= 15 is 0 Å². The van der Waals surface area contributed by atoms with Crippen molar-refractivity contribution in [2.24, 2.45) is 0 Å². The van der Waals surface area contributed by atoms with Crippen molar-refractivity contribution in [3.8, 4) is 0 Å². The third-order valence-electron chi connectivity index (χ3n) is 3.22. The summed E-state index contributed by atoms with van der Waals surface area (Å²) in [4.78, 5) is 13.9. The van der Waals surface area contributed by atoms with Crippen LogP contribution in [0.5, 0.6) is 0 Å². The zero-order chi connectivity index (χ0) is 16.5. The first-order chi connectivity index (χ1) is 10.1. The summed E-state index contributed by atoms with van der Waals surface area (Å²) in [5, 5.41) is 0. The Bertz CT molecular complexity index is 679. The van der Waals surface area contributed by atoms with Crippen molar-refractivity contribution in [3.05, 3.63) is 29.3 Å². The van der Waals surface area contributed by atoms with E-state index in [0.717, 1.165) is 24.1 Å². The second-order valence-electron chi connectivity index (χ2n) is 6.38. The molecule has 0 aromatic heterocycles. The molecule has 0 saturated heterocycles. The second-order valence-corrected chi connectivity index (χ2v) is 9.16. The molecule has 0 N–H and O–H groups in total. The highest BCUT2D eigenvalue weighted by molar-refractivity contribution is 8.13. The number of carbonyl (C=O) groups excluding carboxylic acids is 1. The molecule has 7 heteroatoms. The van der Waals surface area contributed by atoms with Crippen LogP contribution in [-0.2, 0) is 26.0 Å². The van der Waals surface area contributed by atoms with Crippen LogP contribution in [0.1, 0.15) is 38.3 Å². The van der Waals surface area contributed by atoms with E-state index in [2.05, 4.69) is 0 Å². The van der Waals surface area contributed by atoms with Crippen LogP contribution in [0.25, 0.3) is 0 Å². The van der Waals surface area contributed by atoms with Crippen molar-refractivity contribution < 1.29 is 17.9 Å². The summed E-state index contributed by atoms with van der Waals surface area (Å²) in [6.45, 7) is 6.06. The summed E-state index contributed by atoms with van der Waals surface area (Å²) in [7, 11) is 1.70. The van der Waals surface area contributed by atoms with Gasteiger partial charge in [-0.25, -0.2) is 13.2 Å². The summed E-state index contributed by atoms with van der Waals surface area (Å²) >= 11 is 0. The number of amides is 1. The minimum absolute atomic E-state index is 0.214. The number of ether oxygens (including phenoxy) is 1. The van der Waals surface area contributed by atoms with Gasteiger partial charge in [0.1, 0.15) is 5.60 Å². The predicted octanol–water partition coefficient (Wildman–Crippen LogP) is 3.44. The molecule has 122 valence electrons. The molecule has 5 nitrogen and oxygen atoms in total. The predicted molar refractivity (Wildman–Crippen MR) is 86.8 cm³/mol. The Kier molecular flexibility index (Phi) is 4.73. The maximum absolute atomic E-state index is 12.3. The van der Waals surface area contributed by atoms with Crippen LogP contribution >= 0.6 is 10.7 Å². The standard InChI is InChI=1S/C15H20ClNO4S/c1-15(2,3)21-14(18)17-8-4-5-12-9-11(6-7-13(12)17)10-22(16,19)20/h6-7,9H,4-5,8,10H2,1-3H3. The maximum Gasteiger partial charge on any atom is 0.414 e. The number of hydrogen-bond acceptors (Lipinski definition) is 4. The number of halogens is 1. The largest absolute Gasteiger partial charge is 0.443 e. The van der Waals surface area contributed by atoms with Gasteiger partial charge >= 0.3 is 6.09 Å². The second kappa shape index (κ2) is 6.08. The van der Waals surface area contributed by atoms with Gasteiger partial charge in [0.25, 0.3) is 0 Å². The molecule has 1 aromatic rings. The Labute approximate surface area is 135 Å². The van der Waals surface area contributed by atoms with Crippen molar-refractivity contribution in [1.82, 2.24) is 0 Å². The monoisotopic (exact) mass is 345 g/mol. The lowest BCUT2D eigenvalue weighted by molar-refractivity contribution is 0.0578. The lowest BCUT2D eigenvalue weighted by Crippen LogP contribution is -2.39. The zero-order valence-electron chi connectivity index (χ0n) is 12.9. The van der Waals surface area contributed by atoms with Crippen LogP contribution < -0.4 is 4.90 Å². The molecule has 0 atom stereocenters. The van der Waals surface area contributed by atoms with Gasteiger partial charge in [-0.1, -0.05) is 12.1 Å². The molecule has 22 heavy (non-hydrogen) atoms. The van der Waals surface area contributed by atoms with Crippen molar-refractivity contribution in [1.29, 1.82) is 0 Å². The summed E-state index contributed by atoms with van der Waals surface area (Å²) in [6.07, 6.45) is 1.22. The van der Waals surface area contributed by atoms with Crippen LogP contribution in [0, 0.1) is 0 Å². The van der Waals surface area contributed by atoms with Gasteiger partial charge in [0.2, 0.25) is 9.05 Å². The average Bonchev–Trinajstić information content (AvgIpc) is 2.33. The quantitative estimate of drug-likeness (QED) is 0.770. The van der Waals surface area contributed by atoms with E-state index in [4.69, 9.17) is 15.4 Å². The molecule has 0 fully saturated rings. The van der Waals surface area contributed by atoms with Gasteiger partial charge in [0.05, 0.1) is 11.4 Å². The topological polar surface area (TPSA) is 63.7 Å².